The smallest absolute Gasteiger partial charge is 0.270 e. The number of nitro benzene ring substituents is 1. The van der Waals surface area contributed by atoms with Gasteiger partial charge in [-0.05, 0) is 39.0 Å². The second kappa shape index (κ2) is 7.68. The van der Waals surface area contributed by atoms with E-state index >= 15 is 0 Å². The number of hydrogen-bond donors (Lipinski definition) is 2. The highest BCUT2D eigenvalue weighted by Gasteiger charge is 2.19. The van der Waals surface area contributed by atoms with Gasteiger partial charge in [0.05, 0.1) is 11.5 Å². The van der Waals surface area contributed by atoms with Gasteiger partial charge in [-0.3, -0.25) is 19.7 Å². The lowest BCUT2D eigenvalue weighted by Crippen LogP contribution is -2.46. The SMILES string of the molecule is CN1CCC(NC(=O)CNC(=O)c2cccc([N+](=O)[O-])c2)CC1. The maximum absolute atomic E-state index is 11.9. The Morgan fingerprint density at radius 3 is 2.70 bits per heavy atom. The molecule has 1 fully saturated rings. The zero-order valence-electron chi connectivity index (χ0n) is 12.9. The summed E-state index contributed by atoms with van der Waals surface area (Å²) in [6.07, 6.45) is 1.78. The van der Waals surface area contributed by atoms with Crippen molar-refractivity contribution in [1.82, 2.24) is 15.5 Å². The van der Waals surface area contributed by atoms with Crippen molar-refractivity contribution < 1.29 is 14.5 Å². The van der Waals surface area contributed by atoms with Gasteiger partial charge >= 0.3 is 0 Å². The molecule has 0 atom stereocenters. The van der Waals surface area contributed by atoms with Crippen LogP contribution in [0.2, 0.25) is 0 Å². The Kier molecular flexibility index (Phi) is 5.64. The van der Waals surface area contributed by atoms with Crippen LogP contribution in [-0.4, -0.2) is 54.4 Å². The molecular weight excluding hydrogens is 300 g/mol. The van der Waals surface area contributed by atoms with Gasteiger partial charge < -0.3 is 15.5 Å². The summed E-state index contributed by atoms with van der Waals surface area (Å²) in [5.74, 6) is -0.759. The predicted octanol–water partition coefficient (Wildman–Crippen LogP) is 0.535. The normalized spacial score (nSPS) is 15.9. The van der Waals surface area contributed by atoms with Crippen molar-refractivity contribution >= 4 is 17.5 Å². The number of rotatable bonds is 5. The van der Waals surface area contributed by atoms with Crippen LogP contribution in [0.3, 0.4) is 0 Å². The molecule has 1 saturated heterocycles. The predicted molar refractivity (Wildman–Crippen MR) is 84.1 cm³/mol. The lowest BCUT2D eigenvalue weighted by atomic mass is 10.1. The maximum atomic E-state index is 11.9. The molecule has 0 spiro atoms. The minimum absolute atomic E-state index is 0.133. The number of carbonyl (C=O) groups excluding carboxylic acids is 2. The Morgan fingerprint density at radius 2 is 2.04 bits per heavy atom. The van der Waals surface area contributed by atoms with Gasteiger partial charge in [-0.25, -0.2) is 0 Å². The minimum Gasteiger partial charge on any atom is -0.352 e. The van der Waals surface area contributed by atoms with E-state index in [1.165, 1.54) is 24.3 Å². The number of nitrogens with zero attached hydrogens (tertiary/aromatic N) is 2. The zero-order chi connectivity index (χ0) is 16.8. The van der Waals surface area contributed by atoms with Crippen LogP contribution in [0.25, 0.3) is 0 Å². The van der Waals surface area contributed by atoms with Gasteiger partial charge in [-0.2, -0.15) is 0 Å². The number of piperidine rings is 1. The van der Waals surface area contributed by atoms with Crippen molar-refractivity contribution in [2.24, 2.45) is 0 Å². The van der Waals surface area contributed by atoms with Gasteiger partial charge in [-0.1, -0.05) is 6.07 Å². The Balaban J connectivity index is 1.80. The van der Waals surface area contributed by atoms with Crippen LogP contribution in [0.15, 0.2) is 24.3 Å². The van der Waals surface area contributed by atoms with E-state index in [1.54, 1.807) is 0 Å². The molecule has 0 aliphatic carbocycles. The van der Waals surface area contributed by atoms with Crippen LogP contribution >= 0.6 is 0 Å². The molecule has 1 aromatic carbocycles. The fourth-order valence-electron chi connectivity index (χ4n) is 2.45. The number of benzene rings is 1. The number of non-ortho nitro benzene ring substituents is 1. The number of hydrogen-bond acceptors (Lipinski definition) is 5. The minimum atomic E-state index is -0.566. The molecule has 0 unspecified atom stereocenters. The highest BCUT2D eigenvalue weighted by molar-refractivity contribution is 5.96. The van der Waals surface area contributed by atoms with Crippen molar-refractivity contribution in [3.63, 3.8) is 0 Å². The lowest BCUT2D eigenvalue weighted by Gasteiger charge is -2.29. The standard InChI is InChI=1S/C15H20N4O4/c1-18-7-5-12(6-8-18)17-14(20)10-16-15(21)11-3-2-4-13(9-11)19(22)23/h2-4,9,12H,5-8,10H2,1H3,(H,16,21)(H,17,20). The fourth-order valence-corrected chi connectivity index (χ4v) is 2.45. The Labute approximate surface area is 134 Å². The molecule has 0 bridgehead atoms. The van der Waals surface area contributed by atoms with E-state index in [4.69, 9.17) is 0 Å². The van der Waals surface area contributed by atoms with Crippen LogP contribution in [0.1, 0.15) is 23.2 Å². The van der Waals surface area contributed by atoms with E-state index in [2.05, 4.69) is 15.5 Å². The molecule has 1 aromatic rings. The summed E-state index contributed by atoms with van der Waals surface area (Å²) in [7, 11) is 2.04. The molecular formula is C15H20N4O4. The van der Waals surface area contributed by atoms with Crippen molar-refractivity contribution in [3.8, 4) is 0 Å². The van der Waals surface area contributed by atoms with Gasteiger partial charge in [0.1, 0.15) is 0 Å². The Morgan fingerprint density at radius 1 is 1.35 bits per heavy atom. The number of nitrogens with one attached hydrogen (secondary N) is 2. The lowest BCUT2D eigenvalue weighted by molar-refractivity contribution is -0.384. The number of amides is 2. The van der Waals surface area contributed by atoms with Crippen molar-refractivity contribution in [1.29, 1.82) is 0 Å². The average Bonchev–Trinajstić information content (AvgIpc) is 2.55. The fraction of sp³-hybridized carbons (Fsp3) is 0.467. The molecule has 2 N–H and O–H groups in total. The van der Waals surface area contributed by atoms with Crippen LogP contribution in [-0.2, 0) is 4.79 Å². The Hall–Kier alpha value is -2.48. The van der Waals surface area contributed by atoms with Crippen molar-refractivity contribution in [2.75, 3.05) is 26.7 Å². The molecule has 124 valence electrons. The summed E-state index contributed by atoms with van der Waals surface area (Å²) < 4.78 is 0. The van der Waals surface area contributed by atoms with Crippen LogP contribution < -0.4 is 10.6 Å². The summed E-state index contributed by atoms with van der Waals surface area (Å²) in [6.45, 7) is 1.73. The second-order valence-electron chi connectivity index (χ2n) is 5.64. The molecule has 8 heteroatoms. The third-order valence-corrected chi connectivity index (χ3v) is 3.81. The second-order valence-corrected chi connectivity index (χ2v) is 5.64. The van der Waals surface area contributed by atoms with Crippen LogP contribution in [0.4, 0.5) is 5.69 Å². The summed E-state index contributed by atoms with van der Waals surface area (Å²) in [4.78, 5) is 36.1. The number of carbonyl (C=O) groups is 2. The molecule has 0 aromatic heterocycles. The molecule has 23 heavy (non-hydrogen) atoms. The number of nitro groups is 1. The van der Waals surface area contributed by atoms with Gasteiger partial charge in [-0.15, -0.1) is 0 Å². The van der Waals surface area contributed by atoms with Crippen LogP contribution in [0, 0.1) is 10.1 Å². The van der Waals surface area contributed by atoms with E-state index < -0.39 is 10.8 Å². The largest absolute Gasteiger partial charge is 0.352 e. The van der Waals surface area contributed by atoms with E-state index in [9.17, 15) is 19.7 Å². The topological polar surface area (TPSA) is 105 Å². The monoisotopic (exact) mass is 320 g/mol. The van der Waals surface area contributed by atoms with Gasteiger partial charge in [0.15, 0.2) is 0 Å². The maximum Gasteiger partial charge on any atom is 0.270 e. The van der Waals surface area contributed by atoms with Crippen molar-refractivity contribution in [2.45, 2.75) is 18.9 Å². The molecule has 2 rings (SSSR count). The summed E-state index contributed by atoms with van der Waals surface area (Å²) >= 11 is 0. The Bertz CT molecular complexity index is 597. The molecule has 0 radical (unpaired) electrons. The number of likely N-dealkylation sites (tertiary alicyclic amines) is 1. The highest BCUT2D eigenvalue weighted by Crippen LogP contribution is 2.12. The average molecular weight is 320 g/mol. The van der Waals surface area contributed by atoms with Gasteiger partial charge in [0.2, 0.25) is 5.91 Å². The highest BCUT2D eigenvalue weighted by atomic mass is 16.6. The molecule has 1 aliphatic heterocycles. The van der Waals surface area contributed by atoms with Gasteiger partial charge in [0, 0.05) is 23.7 Å². The summed E-state index contributed by atoms with van der Waals surface area (Å²) in [6, 6.07) is 5.53. The van der Waals surface area contributed by atoms with Crippen LogP contribution in [0.5, 0.6) is 0 Å². The van der Waals surface area contributed by atoms with E-state index in [0.29, 0.717) is 0 Å². The first kappa shape index (κ1) is 16.9. The zero-order valence-corrected chi connectivity index (χ0v) is 12.9. The van der Waals surface area contributed by atoms with E-state index in [-0.39, 0.29) is 29.7 Å². The summed E-state index contributed by atoms with van der Waals surface area (Å²) in [5.41, 5.74) is -0.000261. The first-order chi connectivity index (χ1) is 11.0. The third-order valence-electron chi connectivity index (χ3n) is 3.81. The van der Waals surface area contributed by atoms with Crippen molar-refractivity contribution in [3.05, 3.63) is 39.9 Å². The van der Waals surface area contributed by atoms with E-state index in [1.807, 2.05) is 7.05 Å². The molecule has 2 amide bonds. The summed E-state index contributed by atoms with van der Waals surface area (Å²) in [5, 5.41) is 16.1. The van der Waals surface area contributed by atoms with Gasteiger partial charge in [0.25, 0.3) is 11.6 Å². The first-order valence-corrected chi connectivity index (χ1v) is 7.46. The quantitative estimate of drug-likeness (QED) is 0.608. The van der Waals surface area contributed by atoms with E-state index in [0.717, 1.165) is 25.9 Å². The molecule has 1 heterocycles. The third kappa shape index (κ3) is 5.03. The molecule has 0 saturated carbocycles. The first-order valence-electron chi connectivity index (χ1n) is 7.46. The molecule has 8 nitrogen and oxygen atoms in total. The molecule has 1 aliphatic rings.